The van der Waals surface area contributed by atoms with Crippen LogP contribution < -0.4 is 0 Å². The molecule has 0 bridgehead atoms. The van der Waals surface area contributed by atoms with Gasteiger partial charge in [0.15, 0.2) is 0 Å². The van der Waals surface area contributed by atoms with Crippen molar-refractivity contribution in [3.63, 3.8) is 0 Å². The molecule has 0 unspecified atom stereocenters. The van der Waals surface area contributed by atoms with Crippen LogP contribution in [0, 0.1) is 19.8 Å². The zero-order valence-electron chi connectivity index (χ0n) is 17.4. The smallest absolute Gasteiger partial charge is 0.207 e. The molecule has 158 valence electrons. The van der Waals surface area contributed by atoms with Gasteiger partial charge in [-0.05, 0) is 51.0 Å². The second kappa shape index (κ2) is 7.83. The molecular formula is C21H28N2O4S2. The lowest BCUT2D eigenvalue weighted by atomic mass is 10.2. The highest BCUT2D eigenvalue weighted by molar-refractivity contribution is 7.90. The van der Waals surface area contributed by atoms with E-state index in [4.69, 9.17) is 0 Å². The molecule has 2 atom stereocenters. The third-order valence-corrected chi connectivity index (χ3v) is 9.10. The Kier molecular flexibility index (Phi) is 5.93. The molecule has 29 heavy (non-hydrogen) atoms. The van der Waals surface area contributed by atoms with E-state index in [-0.39, 0.29) is 22.3 Å². The van der Waals surface area contributed by atoms with E-state index in [2.05, 4.69) is 0 Å². The lowest BCUT2D eigenvalue weighted by Crippen LogP contribution is -2.48. The van der Waals surface area contributed by atoms with Gasteiger partial charge in [-0.1, -0.05) is 49.2 Å². The third-order valence-electron chi connectivity index (χ3n) is 5.25. The van der Waals surface area contributed by atoms with Gasteiger partial charge in [0.2, 0.25) is 20.0 Å². The summed E-state index contributed by atoms with van der Waals surface area (Å²) >= 11 is 0. The van der Waals surface area contributed by atoms with Gasteiger partial charge in [-0.15, -0.1) is 0 Å². The second-order valence-corrected chi connectivity index (χ2v) is 11.8. The van der Waals surface area contributed by atoms with Crippen LogP contribution in [-0.2, 0) is 20.0 Å². The predicted molar refractivity (Wildman–Crippen MR) is 113 cm³/mol. The first kappa shape index (κ1) is 22.0. The van der Waals surface area contributed by atoms with Crippen molar-refractivity contribution in [3.8, 4) is 0 Å². The van der Waals surface area contributed by atoms with E-state index in [0.29, 0.717) is 0 Å². The summed E-state index contributed by atoms with van der Waals surface area (Å²) in [5.41, 5.74) is 1.92. The SMILES string of the molecule is Cc1ccc(S(=O)(=O)N2C[C@H](C)N(S(=O)(=O)c3ccc(C)cc3)[C@H]2C(C)C)cc1. The Balaban J connectivity index is 2.07. The van der Waals surface area contributed by atoms with E-state index in [1.54, 1.807) is 55.5 Å². The first-order valence-corrected chi connectivity index (χ1v) is 12.5. The Morgan fingerprint density at radius 3 is 1.62 bits per heavy atom. The quantitative estimate of drug-likeness (QED) is 0.720. The van der Waals surface area contributed by atoms with Crippen LogP contribution in [0.25, 0.3) is 0 Å². The zero-order chi connectivity index (χ0) is 21.6. The first-order valence-electron chi connectivity index (χ1n) is 9.65. The normalized spacial score (nSPS) is 21.7. The molecule has 6 nitrogen and oxygen atoms in total. The fourth-order valence-corrected chi connectivity index (χ4v) is 7.52. The topological polar surface area (TPSA) is 74.8 Å². The third kappa shape index (κ3) is 3.99. The molecule has 0 spiro atoms. The Hall–Kier alpha value is -1.74. The van der Waals surface area contributed by atoms with E-state index in [0.717, 1.165) is 11.1 Å². The molecular weight excluding hydrogens is 408 g/mol. The Labute approximate surface area is 174 Å². The fraction of sp³-hybridized carbons (Fsp3) is 0.429. The van der Waals surface area contributed by atoms with Crippen LogP contribution in [0.2, 0.25) is 0 Å². The van der Waals surface area contributed by atoms with E-state index in [1.165, 1.54) is 8.61 Å². The van der Waals surface area contributed by atoms with Gasteiger partial charge in [-0.3, -0.25) is 0 Å². The summed E-state index contributed by atoms with van der Waals surface area (Å²) in [6.45, 7) is 9.34. The molecule has 2 aromatic rings. The van der Waals surface area contributed by atoms with Gasteiger partial charge in [-0.25, -0.2) is 16.8 Å². The van der Waals surface area contributed by atoms with Crippen molar-refractivity contribution in [2.45, 2.75) is 56.6 Å². The van der Waals surface area contributed by atoms with Gasteiger partial charge in [-0.2, -0.15) is 8.61 Å². The fourth-order valence-electron chi connectivity index (χ4n) is 3.76. The largest absolute Gasteiger partial charge is 0.244 e. The van der Waals surface area contributed by atoms with Crippen molar-refractivity contribution in [2.75, 3.05) is 6.54 Å². The van der Waals surface area contributed by atoms with Gasteiger partial charge in [0, 0.05) is 12.6 Å². The minimum atomic E-state index is -3.85. The number of rotatable bonds is 5. The number of benzene rings is 2. The maximum atomic E-state index is 13.4. The van der Waals surface area contributed by atoms with Crippen molar-refractivity contribution < 1.29 is 16.8 Å². The van der Waals surface area contributed by atoms with Crippen LogP contribution in [0.5, 0.6) is 0 Å². The first-order chi connectivity index (χ1) is 13.5. The van der Waals surface area contributed by atoms with Gasteiger partial charge in [0.25, 0.3) is 0 Å². The lowest BCUT2D eigenvalue weighted by molar-refractivity contribution is 0.208. The van der Waals surface area contributed by atoms with Gasteiger partial charge < -0.3 is 0 Å². The van der Waals surface area contributed by atoms with E-state index in [9.17, 15) is 16.8 Å². The molecule has 8 heteroatoms. The minimum Gasteiger partial charge on any atom is -0.207 e. The van der Waals surface area contributed by atoms with Crippen LogP contribution in [0.1, 0.15) is 31.9 Å². The summed E-state index contributed by atoms with van der Waals surface area (Å²) in [5.74, 6) is -0.222. The maximum absolute atomic E-state index is 13.4. The van der Waals surface area contributed by atoms with Crippen molar-refractivity contribution >= 4 is 20.0 Å². The molecule has 3 rings (SSSR count). The summed E-state index contributed by atoms with van der Waals surface area (Å²) in [6.07, 6.45) is -0.789. The minimum absolute atomic E-state index is 0.115. The van der Waals surface area contributed by atoms with Gasteiger partial charge >= 0.3 is 0 Å². The summed E-state index contributed by atoms with van der Waals surface area (Å²) in [7, 11) is -7.69. The highest BCUT2D eigenvalue weighted by Gasteiger charge is 2.50. The maximum Gasteiger partial charge on any atom is 0.244 e. The van der Waals surface area contributed by atoms with E-state index >= 15 is 0 Å². The molecule has 0 aliphatic carbocycles. The Bertz CT molecular complexity index is 1080. The standard InChI is InChI=1S/C21H28N2O4S2/c1-15(2)21-22(28(24,25)19-10-6-16(3)7-11-19)14-18(5)23(21)29(26,27)20-12-8-17(4)9-13-20/h6-13,15,18,21H,14H2,1-5H3/t18-,21-/m0/s1. The second-order valence-electron chi connectivity index (χ2n) is 8.04. The molecule has 2 aromatic carbocycles. The molecule has 1 aliphatic rings. The number of hydrogen-bond donors (Lipinski definition) is 0. The predicted octanol–water partition coefficient (Wildman–Crippen LogP) is 3.37. The van der Waals surface area contributed by atoms with Crippen LogP contribution in [-0.4, -0.2) is 44.2 Å². The zero-order valence-corrected chi connectivity index (χ0v) is 19.0. The van der Waals surface area contributed by atoms with Crippen LogP contribution in [0.3, 0.4) is 0 Å². The van der Waals surface area contributed by atoms with Crippen LogP contribution >= 0.6 is 0 Å². The van der Waals surface area contributed by atoms with Crippen molar-refractivity contribution in [1.29, 1.82) is 0 Å². The van der Waals surface area contributed by atoms with Gasteiger partial charge in [0.05, 0.1) is 16.0 Å². The lowest BCUT2D eigenvalue weighted by Gasteiger charge is -2.33. The number of aryl methyl sites for hydroxylation is 2. The monoisotopic (exact) mass is 436 g/mol. The van der Waals surface area contributed by atoms with Crippen LogP contribution in [0.4, 0.5) is 0 Å². The molecule has 0 N–H and O–H groups in total. The van der Waals surface area contributed by atoms with Gasteiger partial charge in [0.1, 0.15) is 0 Å². The van der Waals surface area contributed by atoms with E-state index in [1.807, 2.05) is 27.7 Å². The molecule has 1 heterocycles. The summed E-state index contributed by atoms with van der Waals surface area (Å²) < 4.78 is 56.3. The molecule has 1 aliphatic heterocycles. The van der Waals surface area contributed by atoms with E-state index < -0.39 is 32.3 Å². The number of nitrogens with zero attached hydrogens (tertiary/aromatic N) is 2. The summed E-state index contributed by atoms with van der Waals surface area (Å²) in [4.78, 5) is 0.353. The van der Waals surface area contributed by atoms with Crippen molar-refractivity contribution in [1.82, 2.24) is 8.61 Å². The van der Waals surface area contributed by atoms with Crippen molar-refractivity contribution in [3.05, 3.63) is 59.7 Å². The van der Waals surface area contributed by atoms with Crippen LogP contribution in [0.15, 0.2) is 58.3 Å². The highest BCUT2D eigenvalue weighted by Crippen LogP contribution is 2.36. The average molecular weight is 437 g/mol. The molecule has 0 amide bonds. The Morgan fingerprint density at radius 1 is 0.793 bits per heavy atom. The summed E-state index contributed by atoms with van der Waals surface area (Å²) in [6, 6.07) is 12.8. The van der Waals surface area contributed by atoms with Crippen molar-refractivity contribution in [2.24, 2.45) is 5.92 Å². The molecule has 1 fully saturated rings. The molecule has 0 saturated carbocycles. The Morgan fingerprint density at radius 2 is 1.21 bits per heavy atom. The molecule has 1 saturated heterocycles. The summed E-state index contributed by atoms with van der Waals surface area (Å²) in [5, 5.41) is 0. The number of hydrogen-bond acceptors (Lipinski definition) is 4. The molecule has 0 radical (unpaired) electrons. The average Bonchev–Trinajstić information content (AvgIpc) is 3.01. The molecule has 0 aromatic heterocycles. The highest BCUT2D eigenvalue weighted by atomic mass is 32.2. The number of sulfonamides is 2.